The third-order valence-corrected chi connectivity index (χ3v) is 7.75. The topological polar surface area (TPSA) is 20.5 Å². The standard InChI is InChI=1S/C38H24O2/c1-3-15-27(37-29-17-5-9-21-33(29)39-34-22-10-6-18-30(34)37)25(13-1)26-14-2-4-16-28(26)38-31-19-7-11-23-35(31)40-36-24-12-8-20-32(36)38/h1-24H/q+1. The van der Waals surface area contributed by atoms with Crippen LogP contribution in [-0.2, 0) is 0 Å². The molecule has 8 rings (SSSR count). The van der Waals surface area contributed by atoms with Gasteiger partial charge in [0.2, 0.25) is 0 Å². The van der Waals surface area contributed by atoms with Crippen LogP contribution in [0, 0.1) is 5.92 Å². The second kappa shape index (κ2) is 9.21. The molecule has 2 heteroatoms. The van der Waals surface area contributed by atoms with Crippen LogP contribution in [-0.4, -0.2) is 0 Å². The van der Waals surface area contributed by atoms with Gasteiger partial charge in [-0.15, -0.1) is 0 Å². The summed E-state index contributed by atoms with van der Waals surface area (Å²) in [5.74, 6) is 2.93. The summed E-state index contributed by atoms with van der Waals surface area (Å²) in [6.07, 6.45) is 0. The highest BCUT2D eigenvalue weighted by molar-refractivity contribution is 6.10. The van der Waals surface area contributed by atoms with E-state index in [1.807, 2.05) is 48.5 Å². The Morgan fingerprint density at radius 3 is 1.32 bits per heavy atom. The maximum Gasteiger partial charge on any atom is 0.361 e. The fourth-order valence-electron chi connectivity index (χ4n) is 6.03. The molecule has 2 heterocycles. The summed E-state index contributed by atoms with van der Waals surface area (Å²) in [4.78, 5) is 0. The molecule has 187 valence electrons. The normalized spacial score (nSPS) is 12.6. The minimum Gasteiger partial charge on any atom is -0.457 e. The Kier molecular flexibility index (Phi) is 5.24. The van der Waals surface area contributed by atoms with Gasteiger partial charge in [-0.3, -0.25) is 0 Å². The summed E-state index contributed by atoms with van der Waals surface area (Å²) >= 11 is 0. The number of benzene rings is 6. The lowest BCUT2D eigenvalue weighted by Crippen LogP contribution is -2.13. The van der Waals surface area contributed by atoms with Crippen molar-refractivity contribution in [2.45, 2.75) is 0 Å². The first-order valence-electron chi connectivity index (χ1n) is 13.5. The average molecular weight is 513 g/mol. The summed E-state index contributed by atoms with van der Waals surface area (Å²) in [6, 6.07) is 50.7. The van der Waals surface area contributed by atoms with E-state index in [1.54, 1.807) is 0 Å². The molecule has 0 unspecified atom stereocenters. The summed E-state index contributed by atoms with van der Waals surface area (Å²) in [5, 5.41) is 2.20. The minimum absolute atomic E-state index is 0.876. The lowest BCUT2D eigenvalue weighted by Gasteiger charge is -2.29. The van der Waals surface area contributed by atoms with Gasteiger partial charge in [-0.25, -0.2) is 4.42 Å². The number of fused-ring (bicyclic) bond motifs is 4. The van der Waals surface area contributed by atoms with E-state index in [9.17, 15) is 0 Å². The van der Waals surface area contributed by atoms with E-state index in [0.717, 1.165) is 44.6 Å². The smallest absolute Gasteiger partial charge is 0.361 e. The molecule has 0 saturated heterocycles. The molecule has 0 aliphatic carbocycles. The third kappa shape index (κ3) is 3.54. The first-order valence-corrected chi connectivity index (χ1v) is 13.5. The highest BCUT2D eigenvalue weighted by atomic mass is 16.5. The van der Waals surface area contributed by atoms with Crippen LogP contribution < -0.4 is 4.74 Å². The minimum atomic E-state index is 0.876. The van der Waals surface area contributed by atoms with E-state index in [2.05, 4.69) is 97.1 Å². The molecule has 0 amide bonds. The molecule has 40 heavy (non-hydrogen) atoms. The van der Waals surface area contributed by atoms with Crippen LogP contribution in [0.15, 0.2) is 150 Å². The fourth-order valence-corrected chi connectivity index (χ4v) is 6.03. The molecule has 0 atom stereocenters. The van der Waals surface area contributed by atoms with Crippen molar-refractivity contribution < 1.29 is 9.15 Å². The van der Waals surface area contributed by atoms with Crippen molar-refractivity contribution in [3.63, 3.8) is 0 Å². The molecule has 1 aliphatic heterocycles. The average Bonchev–Trinajstić information content (AvgIpc) is 3.02. The highest BCUT2D eigenvalue weighted by Gasteiger charge is 2.31. The Hall–Kier alpha value is -5.21. The largest absolute Gasteiger partial charge is 0.457 e. The first kappa shape index (κ1) is 22.7. The summed E-state index contributed by atoms with van der Waals surface area (Å²) < 4.78 is 12.7. The van der Waals surface area contributed by atoms with Crippen LogP contribution in [0.2, 0.25) is 0 Å². The highest BCUT2D eigenvalue weighted by Crippen LogP contribution is 2.50. The van der Waals surface area contributed by atoms with E-state index < -0.39 is 0 Å². The SMILES string of the molecule is c1ccc2c(c1)Oc1ccccc1[C]2c1ccccc1-c1ccccc1-c1c2ccccc2[o+]c2ccccc12. The van der Waals surface area contributed by atoms with Gasteiger partial charge >= 0.3 is 11.2 Å². The van der Waals surface area contributed by atoms with Crippen LogP contribution in [0.25, 0.3) is 44.2 Å². The van der Waals surface area contributed by atoms with E-state index in [1.165, 1.54) is 33.7 Å². The van der Waals surface area contributed by atoms with Crippen molar-refractivity contribution in [1.82, 2.24) is 0 Å². The second-order valence-electron chi connectivity index (χ2n) is 10.0. The molecule has 1 aliphatic rings. The van der Waals surface area contributed by atoms with Crippen LogP contribution in [0.4, 0.5) is 0 Å². The molecule has 0 spiro atoms. The predicted molar refractivity (Wildman–Crippen MR) is 163 cm³/mol. The lowest BCUT2D eigenvalue weighted by atomic mass is 9.78. The molecule has 1 aromatic heterocycles. The maximum absolute atomic E-state index is 6.33. The van der Waals surface area contributed by atoms with Gasteiger partial charge in [-0.2, -0.15) is 0 Å². The van der Waals surface area contributed by atoms with Crippen molar-refractivity contribution in [3.05, 3.63) is 168 Å². The predicted octanol–water partition coefficient (Wildman–Crippen LogP) is 10.3. The van der Waals surface area contributed by atoms with Crippen molar-refractivity contribution in [2.75, 3.05) is 0 Å². The number of ether oxygens (including phenoxy) is 1. The molecule has 1 radical (unpaired) electrons. The van der Waals surface area contributed by atoms with Crippen molar-refractivity contribution >= 4 is 21.9 Å². The number of para-hydroxylation sites is 4. The Bertz CT molecular complexity index is 1960. The zero-order chi connectivity index (χ0) is 26.5. The van der Waals surface area contributed by atoms with Crippen LogP contribution in [0.5, 0.6) is 11.5 Å². The van der Waals surface area contributed by atoms with Gasteiger partial charge < -0.3 is 4.74 Å². The van der Waals surface area contributed by atoms with Crippen LogP contribution >= 0.6 is 0 Å². The van der Waals surface area contributed by atoms with Crippen LogP contribution in [0.3, 0.4) is 0 Å². The molecule has 2 nitrogen and oxygen atoms in total. The molecule has 0 saturated carbocycles. The van der Waals surface area contributed by atoms with Gasteiger partial charge in [0.15, 0.2) is 0 Å². The van der Waals surface area contributed by atoms with Crippen molar-refractivity contribution in [2.24, 2.45) is 0 Å². The summed E-state index contributed by atoms with van der Waals surface area (Å²) in [5.41, 5.74) is 9.82. The Morgan fingerprint density at radius 1 is 0.350 bits per heavy atom. The van der Waals surface area contributed by atoms with Gasteiger partial charge in [0, 0.05) is 28.8 Å². The van der Waals surface area contributed by atoms with Crippen molar-refractivity contribution in [3.8, 4) is 33.8 Å². The van der Waals surface area contributed by atoms with Crippen molar-refractivity contribution in [1.29, 1.82) is 0 Å². The molecular formula is C38H24O2+. The number of hydrogen-bond acceptors (Lipinski definition) is 1. The summed E-state index contributed by atoms with van der Waals surface area (Å²) in [6.45, 7) is 0. The first-order chi connectivity index (χ1) is 19.9. The zero-order valence-corrected chi connectivity index (χ0v) is 21.7. The Labute approximate surface area is 232 Å². The lowest BCUT2D eigenvalue weighted by molar-refractivity contribution is 0.465. The van der Waals surface area contributed by atoms with Gasteiger partial charge in [0.05, 0.1) is 16.7 Å². The molecule has 7 aromatic rings. The van der Waals surface area contributed by atoms with E-state index >= 15 is 0 Å². The van der Waals surface area contributed by atoms with E-state index in [4.69, 9.17) is 9.15 Å². The monoisotopic (exact) mass is 512 g/mol. The molecular weight excluding hydrogens is 488 g/mol. The fraction of sp³-hybridized carbons (Fsp3) is 0. The summed E-state index contributed by atoms with van der Waals surface area (Å²) in [7, 11) is 0. The molecule has 0 N–H and O–H groups in total. The quantitative estimate of drug-likeness (QED) is 0.173. The van der Waals surface area contributed by atoms with Gasteiger partial charge in [-0.05, 0) is 46.5 Å². The van der Waals surface area contributed by atoms with Crippen LogP contribution in [0.1, 0.15) is 16.7 Å². The second-order valence-corrected chi connectivity index (χ2v) is 10.0. The maximum atomic E-state index is 6.33. The van der Waals surface area contributed by atoms with Gasteiger partial charge in [0.25, 0.3) is 0 Å². The molecule has 6 aromatic carbocycles. The van der Waals surface area contributed by atoms with Gasteiger partial charge in [0.1, 0.15) is 11.5 Å². The van der Waals surface area contributed by atoms with E-state index in [0.29, 0.717) is 0 Å². The Morgan fingerprint density at radius 2 is 0.750 bits per heavy atom. The van der Waals surface area contributed by atoms with Gasteiger partial charge in [-0.1, -0.05) is 109 Å². The molecule has 0 fully saturated rings. The van der Waals surface area contributed by atoms with E-state index in [-0.39, 0.29) is 0 Å². The third-order valence-electron chi connectivity index (χ3n) is 7.75. The number of hydrogen-bond donors (Lipinski definition) is 0. The molecule has 0 bridgehead atoms. The number of rotatable bonds is 3. The Balaban J connectivity index is 1.42. The zero-order valence-electron chi connectivity index (χ0n) is 21.7.